The zero-order chi connectivity index (χ0) is 19.7. The number of carbonyl (C=O) groups excluding carboxylic acids is 1. The number of benzene rings is 1. The average molecular weight is 387 g/mol. The summed E-state index contributed by atoms with van der Waals surface area (Å²) in [5.41, 5.74) is 2.04. The molecule has 0 bridgehead atoms. The van der Waals surface area contributed by atoms with Crippen molar-refractivity contribution < 1.29 is 14.3 Å². The normalized spacial score (nSPS) is 28.3. The minimum absolute atomic E-state index is 0.269. The molecule has 2 fully saturated rings. The first kappa shape index (κ1) is 19.7. The first-order valence-corrected chi connectivity index (χ1v) is 10.8. The van der Waals surface area contributed by atoms with E-state index < -0.39 is 0 Å². The molecule has 5 heteroatoms. The van der Waals surface area contributed by atoms with Crippen LogP contribution in [0.2, 0.25) is 0 Å². The standard InChI is InChI=1S/C23H34N2O3/c1-16(2)23(9-6-20(13-23)24-19-7-10-27-11-8-19)22(26)25-14-18-12-17(3)4-5-21(18)28-15-25/h4-5,12,16,19-20,24H,6-11,13-15H2,1-3H3/t20-,23+/m1/s1. The Balaban J connectivity index is 1.46. The van der Waals surface area contributed by atoms with Gasteiger partial charge in [0, 0.05) is 30.9 Å². The fourth-order valence-corrected chi connectivity index (χ4v) is 5.20. The van der Waals surface area contributed by atoms with Crippen LogP contribution in [0.1, 0.15) is 57.1 Å². The minimum Gasteiger partial charge on any atom is -0.473 e. The van der Waals surface area contributed by atoms with Gasteiger partial charge in [-0.05, 0) is 51.0 Å². The molecule has 2 heterocycles. The van der Waals surface area contributed by atoms with Crippen LogP contribution < -0.4 is 10.1 Å². The van der Waals surface area contributed by atoms with Crippen molar-refractivity contribution in [1.82, 2.24) is 10.2 Å². The smallest absolute Gasteiger partial charge is 0.232 e. The SMILES string of the molecule is Cc1ccc2c(c1)CN(C(=O)[C@@]1(C(C)C)CC[C@@H](NC3CCOCC3)C1)CO2. The maximum absolute atomic E-state index is 13.7. The lowest BCUT2D eigenvalue weighted by Crippen LogP contribution is -2.49. The number of hydrogen-bond acceptors (Lipinski definition) is 4. The second-order valence-electron chi connectivity index (χ2n) is 9.19. The molecule has 0 aromatic heterocycles. The van der Waals surface area contributed by atoms with Crippen molar-refractivity contribution in [1.29, 1.82) is 0 Å². The summed E-state index contributed by atoms with van der Waals surface area (Å²) < 4.78 is 11.4. The molecule has 5 nitrogen and oxygen atoms in total. The molecule has 28 heavy (non-hydrogen) atoms. The van der Waals surface area contributed by atoms with E-state index in [9.17, 15) is 4.79 Å². The predicted octanol–water partition coefficient (Wildman–Crippen LogP) is 3.64. The van der Waals surface area contributed by atoms with Crippen molar-refractivity contribution in [2.24, 2.45) is 11.3 Å². The largest absolute Gasteiger partial charge is 0.473 e. The summed E-state index contributed by atoms with van der Waals surface area (Å²) in [4.78, 5) is 15.6. The lowest BCUT2D eigenvalue weighted by atomic mass is 9.74. The van der Waals surface area contributed by atoms with Crippen LogP contribution in [0, 0.1) is 18.3 Å². The number of nitrogens with one attached hydrogen (secondary N) is 1. The van der Waals surface area contributed by atoms with Crippen LogP contribution in [0.4, 0.5) is 0 Å². The summed E-state index contributed by atoms with van der Waals surface area (Å²) in [5.74, 6) is 1.50. The molecule has 0 spiro atoms. The Morgan fingerprint density at radius 1 is 1.21 bits per heavy atom. The third-order valence-corrected chi connectivity index (χ3v) is 7.01. The molecule has 1 saturated heterocycles. The van der Waals surface area contributed by atoms with Gasteiger partial charge in [-0.1, -0.05) is 31.5 Å². The van der Waals surface area contributed by atoms with Crippen LogP contribution in [-0.2, 0) is 16.1 Å². The molecular weight excluding hydrogens is 352 g/mol. The van der Waals surface area contributed by atoms with E-state index >= 15 is 0 Å². The zero-order valence-electron chi connectivity index (χ0n) is 17.5. The van der Waals surface area contributed by atoms with Gasteiger partial charge in [-0.3, -0.25) is 4.79 Å². The highest BCUT2D eigenvalue weighted by molar-refractivity contribution is 5.83. The summed E-state index contributed by atoms with van der Waals surface area (Å²) >= 11 is 0. The van der Waals surface area contributed by atoms with Gasteiger partial charge in [-0.2, -0.15) is 0 Å². The Bertz CT molecular complexity index is 714. The van der Waals surface area contributed by atoms with E-state index in [4.69, 9.17) is 9.47 Å². The van der Waals surface area contributed by atoms with Gasteiger partial charge in [0.2, 0.25) is 5.91 Å². The highest BCUT2D eigenvalue weighted by Crippen LogP contribution is 2.47. The highest BCUT2D eigenvalue weighted by Gasteiger charge is 2.50. The first-order valence-electron chi connectivity index (χ1n) is 10.8. The molecule has 0 unspecified atom stereocenters. The van der Waals surface area contributed by atoms with Crippen LogP contribution in [0.25, 0.3) is 0 Å². The molecule has 3 aliphatic rings. The van der Waals surface area contributed by atoms with Gasteiger partial charge in [-0.15, -0.1) is 0 Å². The Kier molecular flexibility index (Phi) is 5.66. The fourth-order valence-electron chi connectivity index (χ4n) is 5.20. The average Bonchev–Trinajstić information content (AvgIpc) is 3.13. The summed E-state index contributed by atoms with van der Waals surface area (Å²) in [5, 5.41) is 3.83. The molecule has 1 N–H and O–H groups in total. The maximum Gasteiger partial charge on any atom is 0.232 e. The molecule has 2 atom stereocenters. The Morgan fingerprint density at radius 3 is 2.75 bits per heavy atom. The molecule has 1 aromatic carbocycles. The van der Waals surface area contributed by atoms with Gasteiger partial charge >= 0.3 is 0 Å². The zero-order valence-corrected chi connectivity index (χ0v) is 17.5. The third kappa shape index (κ3) is 3.79. The number of aryl methyl sites for hydroxylation is 1. The van der Waals surface area contributed by atoms with Gasteiger partial charge in [0.1, 0.15) is 5.75 Å². The second-order valence-corrected chi connectivity index (χ2v) is 9.19. The second kappa shape index (κ2) is 8.03. The molecule has 0 radical (unpaired) electrons. The molecule has 1 saturated carbocycles. The summed E-state index contributed by atoms with van der Waals surface area (Å²) in [6.45, 7) is 9.21. The molecule has 1 aromatic rings. The Hall–Kier alpha value is -1.59. The molecule has 154 valence electrons. The van der Waals surface area contributed by atoms with Crippen molar-refractivity contribution in [3.8, 4) is 5.75 Å². The number of amides is 1. The van der Waals surface area contributed by atoms with Crippen molar-refractivity contribution in [3.63, 3.8) is 0 Å². The number of ether oxygens (including phenoxy) is 2. The molecule has 2 aliphatic heterocycles. The van der Waals surface area contributed by atoms with Crippen molar-refractivity contribution in [3.05, 3.63) is 29.3 Å². The molecule has 4 rings (SSSR count). The number of hydrogen-bond donors (Lipinski definition) is 1. The van der Waals surface area contributed by atoms with Crippen LogP contribution in [0.3, 0.4) is 0 Å². The minimum atomic E-state index is -0.284. The monoisotopic (exact) mass is 386 g/mol. The summed E-state index contributed by atoms with van der Waals surface area (Å²) in [6, 6.07) is 7.18. The number of carbonyl (C=O) groups is 1. The van der Waals surface area contributed by atoms with E-state index in [0.29, 0.717) is 31.3 Å². The van der Waals surface area contributed by atoms with E-state index in [1.807, 2.05) is 11.0 Å². The van der Waals surface area contributed by atoms with Crippen LogP contribution in [0.15, 0.2) is 18.2 Å². The Labute approximate surface area is 168 Å². The van der Waals surface area contributed by atoms with E-state index in [1.54, 1.807) is 0 Å². The quantitative estimate of drug-likeness (QED) is 0.858. The van der Waals surface area contributed by atoms with Gasteiger partial charge in [0.05, 0.1) is 12.0 Å². The van der Waals surface area contributed by atoms with E-state index in [2.05, 4.69) is 38.2 Å². The van der Waals surface area contributed by atoms with Gasteiger partial charge in [0.15, 0.2) is 6.73 Å². The van der Waals surface area contributed by atoms with Crippen LogP contribution >= 0.6 is 0 Å². The van der Waals surface area contributed by atoms with E-state index in [1.165, 1.54) is 5.56 Å². The lowest BCUT2D eigenvalue weighted by molar-refractivity contribution is -0.149. The first-order chi connectivity index (χ1) is 13.5. The Morgan fingerprint density at radius 2 is 2.00 bits per heavy atom. The fraction of sp³-hybridized carbons (Fsp3) is 0.696. The number of nitrogens with zero attached hydrogens (tertiary/aromatic N) is 1. The number of rotatable bonds is 4. The van der Waals surface area contributed by atoms with Gasteiger partial charge in [0.25, 0.3) is 0 Å². The van der Waals surface area contributed by atoms with Crippen molar-refractivity contribution >= 4 is 5.91 Å². The van der Waals surface area contributed by atoms with Crippen molar-refractivity contribution in [2.75, 3.05) is 19.9 Å². The van der Waals surface area contributed by atoms with Crippen LogP contribution in [0.5, 0.6) is 5.75 Å². The highest BCUT2D eigenvalue weighted by atomic mass is 16.5. The number of fused-ring (bicyclic) bond motifs is 1. The molecule has 1 aliphatic carbocycles. The maximum atomic E-state index is 13.7. The van der Waals surface area contributed by atoms with Gasteiger partial charge < -0.3 is 19.7 Å². The van der Waals surface area contributed by atoms with E-state index in [0.717, 1.165) is 56.6 Å². The summed E-state index contributed by atoms with van der Waals surface area (Å²) in [7, 11) is 0. The topological polar surface area (TPSA) is 50.8 Å². The predicted molar refractivity (Wildman–Crippen MR) is 109 cm³/mol. The van der Waals surface area contributed by atoms with Gasteiger partial charge in [-0.25, -0.2) is 0 Å². The van der Waals surface area contributed by atoms with Crippen LogP contribution in [-0.4, -0.2) is 42.8 Å². The van der Waals surface area contributed by atoms with Crippen molar-refractivity contribution in [2.45, 2.75) is 71.5 Å². The molecular formula is C23H34N2O3. The molecule has 1 amide bonds. The lowest BCUT2D eigenvalue weighted by Gasteiger charge is -2.39. The third-order valence-electron chi connectivity index (χ3n) is 7.01. The van der Waals surface area contributed by atoms with E-state index in [-0.39, 0.29) is 11.3 Å². The summed E-state index contributed by atoms with van der Waals surface area (Å²) in [6.07, 6.45) is 5.12.